The fraction of sp³-hybridized carbons (Fsp3) is 0.500. The Morgan fingerprint density at radius 2 is 2.14 bits per heavy atom. The van der Waals surface area contributed by atoms with Crippen molar-refractivity contribution in [1.29, 1.82) is 0 Å². The lowest BCUT2D eigenvalue weighted by atomic mass is 10.1. The third-order valence-corrected chi connectivity index (χ3v) is 2.42. The van der Waals surface area contributed by atoms with Crippen LogP contribution in [0.5, 0.6) is 0 Å². The standard InChI is InChI=1S/C8H7F3N2O/c9-8(10,11)6-3-5(12-13-6)7(4-14)1-2-7/h3-4H,1-2H2,(H,12,13). The molecule has 1 heterocycles. The Balaban J connectivity index is 2.31. The van der Waals surface area contributed by atoms with Crippen LogP contribution in [0.3, 0.4) is 0 Å². The second-order valence-electron chi connectivity index (χ2n) is 3.44. The first kappa shape index (κ1) is 9.23. The van der Waals surface area contributed by atoms with Gasteiger partial charge in [-0.25, -0.2) is 0 Å². The number of carbonyl (C=O) groups excluding carboxylic acids is 1. The number of carbonyl (C=O) groups is 1. The number of halogens is 3. The van der Waals surface area contributed by atoms with Crippen LogP contribution in [0.15, 0.2) is 6.07 Å². The molecule has 0 radical (unpaired) electrons. The molecule has 0 aliphatic heterocycles. The van der Waals surface area contributed by atoms with Crippen molar-refractivity contribution in [3.8, 4) is 0 Å². The summed E-state index contributed by atoms with van der Waals surface area (Å²) in [5, 5.41) is 5.40. The van der Waals surface area contributed by atoms with E-state index >= 15 is 0 Å². The fourth-order valence-electron chi connectivity index (χ4n) is 1.31. The molecule has 0 saturated heterocycles. The number of aromatic amines is 1. The second kappa shape index (κ2) is 2.59. The van der Waals surface area contributed by atoms with Gasteiger partial charge in [0.05, 0.1) is 5.41 Å². The van der Waals surface area contributed by atoms with Crippen LogP contribution in [0.1, 0.15) is 24.2 Å². The summed E-state index contributed by atoms with van der Waals surface area (Å²) in [4.78, 5) is 10.6. The van der Waals surface area contributed by atoms with Gasteiger partial charge in [0.1, 0.15) is 6.29 Å². The number of hydrogen-bond donors (Lipinski definition) is 1. The molecule has 0 atom stereocenters. The van der Waals surface area contributed by atoms with Gasteiger partial charge in [-0.3, -0.25) is 5.10 Å². The Hall–Kier alpha value is -1.33. The molecule has 1 aliphatic rings. The SMILES string of the molecule is O=CC1(c2cc(C(F)(F)F)n[nH]2)CC1. The lowest BCUT2D eigenvalue weighted by molar-refractivity contribution is -0.141. The zero-order valence-electron chi connectivity index (χ0n) is 7.06. The molecule has 14 heavy (non-hydrogen) atoms. The molecular weight excluding hydrogens is 197 g/mol. The average molecular weight is 204 g/mol. The lowest BCUT2D eigenvalue weighted by Gasteiger charge is -2.01. The third-order valence-electron chi connectivity index (χ3n) is 2.42. The monoisotopic (exact) mass is 204 g/mol. The summed E-state index contributed by atoms with van der Waals surface area (Å²) in [5.41, 5.74) is -1.43. The number of aldehydes is 1. The normalized spacial score (nSPS) is 19.4. The molecule has 6 heteroatoms. The molecule has 1 N–H and O–H groups in total. The van der Waals surface area contributed by atoms with Crippen LogP contribution < -0.4 is 0 Å². The predicted octanol–water partition coefficient (Wildman–Crippen LogP) is 1.66. The van der Waals surface area contributed by atoms with E-state index in [4.69, 9.17) is 0 Å². The predicted molar refractivity (Wildman–Crippen MR) is 40.6 cm³/mol. The highest BCUT2D eigenvalue weighted by Crippen LogP contribution is 2.46. The van der Waals surface area contributed by atoms with Gasteiger partial charge in [-0.1, -0.05) is 0 Å². The molecule has 1 saturated carbocycles. The van der Waals surface area contributed by atoms with Crippen LogP contribution in [-0.4, -0.2) is 16.5 Å². The van der Waals surface area contributed by atoms with Crippen molar-refractivity contribution in [2.75, 3.05) is 0 Å². The summed E-state index contributed by atoms with van der Waals surface area (Å²) >= 11 is 0. The van der Waals surface area contributed by atoms with E-state index in [2.05, 4.69) is 10.2 Å². The number of nitrogens with one attached hydrogen (secondary N) is 1. The van der Waals surface area contributed by atoms with Crippen LogP contribution >= 0.6 is 0 Å². The zero-order valence-corrected chi connectivity index (χ0v) is 7.06. The van der Waals surface area contributed by atoms with Gasteiger partial charge in [-0.05, 0) is 18.9 Å². The molecule has 1 aromatic heterocycles. The zero-order chi connectivity index (χ0) is 10.4. The van der Waals surface area contributed by atoms with Gasteiger partial charge in [0, 0.05) is 5.69 Å². The highest BCUT2D eigenvalue weighted by atomic mass is 19.4. The van der Waals surface area contributed by atoms with Crippen molar-refractivity contribution in [3.05, 3.63) is 17.5 Å². The summed E-state index contributed by atoms with van der Waals surface area (Å²) in [6, 6.07) is 0.904. The number of H-pyrrole nitrogens is 1. The van der Waals surface area contributed by atoms with Crippen molar-refractivity contribution in [2.45, 2.75) is 24.4 Å². The molecule has 76 valence electrons. The molecule has 0 unspecified atom stereocenters. The van der Waals surface area contributed by atoms with Crippen molar-refractivity contribution < 1.29 is 18.0 Å². The Morgan fingerprint density at radius 3 is 2.50 bits per heavy atom. The minimum absolute atomic E-state index is 0.264. The van der Waals surface area contributed by atoms with Crippen molar-refractivity contribution in [2.24, 2.45) is 0 Å². The molecule has 1 aliphatic carbocycles. The molecule has 0 bridgehead atoms. The van der Waals surface area contributed by atoms with E-state index in [-0.39, 0.29) is 5.69 Å². The minimum Gasteiger partial charge on any atom is -0.302 e. The van der Waals surface area contributed by atoms with Gasteiger partial charge in [-0.2, -0.15) is 18.3 Å². The van der Waals surface area contributed by atoms with Crippen molar-refractivity contribution in [1.82, 2.24) is 10.2 Å². The highest BCUT2D eigenvalue weighted by molar-refractivity contribution is 5.71. The molecule has 0 spiro atoms. The quantitative estimate of drug-likeness (QED) is 0.744. The average Bonchev–Trinajstić information content (AvgIpc) is 2.73. The van der Waals surface area contributed by atoms with E-state index in [1.807, 2.05) is 0 Å². The Labute approximate surface area is 77.3 Å². The van der Waals surface area contributed by atoms with Gasteiger partial charge in [-0.15, -0.1) is 0 Å². The van der Waals surface area contributed by atoms with Crippen LogP contribution in [0, 0.1) is 0 Å². The van der Waals surface area contributed by atoms with E-state index in [9.17, 15) is 18.0 Å². The second-order valence-corrected chi connectivity index (χ2v) is 3.44. The number of alkyl halides is 3. The number of hydrogen-bond acceptors (Lipinski definition) is 2. The summed E-state index contributed by atoms with van der Waals surface area (Å²) in [6.07, 6.45) is -2.58. The smallest absolute Gasteiger partial charge is 0.302 e. The first-order valence-electron chi connectivity index (χ1n) is 4.07. The summed E-state index contributed by atoms with van der Waals surface area (Å²) in [7, 11) is 0. The van der Waals surface area contributed by atoms with E-state index in [1.165, 1.54) is 0 Å². The minimum atomic E-state index is -4.45. The largest absolute Gasteiger partial charge is 0.435 e. The van der Waals surface area contributed by atoms with Crippen molar-refractivity contribution in [3.63, 3.8) is 0 Å². The van der Waals surface area contributed by atoms with Crippen LogP contribution in [0.25, 0.3) is 0 Å². The molecule has 1 aromatic rings. The van der Waals surface area contributed by atoms with Gasteiger partial charge in [0.25, 0.3) is 0 Å². The van der Waals surface area contributed by atoms with Gasteiger partial charge >= 0.3 is 6.18 Å². The maximum Gasteiger partial charge on any atom is 0.435 e. The lowest BCUT2D eigenvalue weighted by Crippen LogP contribution is -2.08. The summed E-state index contributed by atoms with van der Waals surface area (Å²) < 4.78 is 36.4. The van der Waals surface area contributed by atoms with Gasteiger partial charge < -0.3 is 4.79 Å². The first-order valence-corrected chi connectivity index (χ1v) is 4.07. The Kier molecular flexibility index (Phi) is 1.71. The van der Waals surface area contributed by atoms with Crippen LogP contribution in [0.4, 0.5) is 13.2 Å². The third kappa shape index (κ3) is 1.30. The number of nitrogens with zero attached hydrogens (tertiary/aromatic N) is 1. The summed E-state index contributed by atoms with van der Waals surface area (Å²) in [5.74, 6) is 0. The van der Waals surface area contributed by atoms with E-state index in [0.717, 1.165) is 6.07 Å². The summed E-state index contributed by atoms with van der Waals surface area (Å²) in [6.45, 7) is 0. The molecule has 0 aromatic carbocycles. The highest BCUT2D eigenvalue weighted by Gasteiger charge is 2.47. The molecule has 3 nitrogen and oxygen atoms in total. The topological polar surface area (TPSA) is 45.8 Å². The van der Waals surface area contributed by atoms with Crippen LogP contribution in [0.2, 0.25) is 0 Å². The molecule has 0 amide bonds. The van der Waals surface area contributed by atoms with Gasteiger partial charge in [0.2, 0.25) is 0 Å². The van der Waals surface area contributed by atoms with E-state index in [0.29, 0.717) is 19.1 Å². The van der Waals surface area contributed by atoms with Crippen molar-refractivity contribution >= 4 is 6.29 Å². The van der Waals surface area contributed by atoms with Gasteiger partial charge in [0.15, 0.2) is 5.69 Å². The van der Waals surface area contributed by atoms with E-state index < -0.39 is 17.3 Å². The Bertz CT molecular complexity index is 365. The number of rotatable bonds is 2. The van der Waals surface area contributed by atoms with E-state index in [1.54, 1.807) is 0 Å². The molecule has 2 rings (SSSR count). The first-order chi connectivity index (χ1) is 6.48. The number of aromatic nitrogens is 2. The fourth-order valence-corrected chi connectivity index (χ4v) is 1.31. The molecule has 1 fully saturated rings. The Morgan fingerprint density at radius 1 is 1.50 bits per heavy atom. The maximum atomic E-state index is 12.1. The molecular formula is C8H7F3N2O. The van der Waals surface area contributed by atoms with Crippen LogP contribution in [-0.2, 0) is 16.4 Å². The maximum absolute atomic E-state index is 12.1.